The Balaban J connectivity index is 2.06. The molecular weight excluding hydrogens is 377 g/mol. The number of phenolic OH excluding ortho intramolecular Hbond substituents is 1. The number of nitrogens with one attached hydrogen (secondary N) is 2. The van der Waals surface area contributed by atoms with E-state index in [0.29, 0.717) is 10.9 Å². The molecule has 0 bridgehead atoms. The Hall–Kier alpha value is -2.98. The summed E-state index contributed by atoms with van der Waals surface area (Å²) in [5, 5.41) is 10.1. The third kappa shape index (κ3) is 3.76. The van der Waals surface area contributed by atoms with Gasteiger partial charge in [-0.25, -0.2) is 18.9 Å². The van der Waals surface area contributed by atoms with Crippen LogP contribution in [0.1, 0.15) is 16.7 Å². The first kappa shape index (κ1) is 18.8. The second kappa shape index (κ2) is 6.97. The van der Waals surface area contributed by atoms with Gasteiger partial charge in [0.05, 0.1) is 0 Å². The number of aromatic nitrogens is 1. The zero-order valence-electron chi connectivity index (χ0n) is 14.4. The van der Waals surface area contributed by atoms with Crippen LogP contribution in [-0.4, -0.2) is 25.6 Å². The summed E-state index contributed by atoms with van der Waals surface area (Å²) >= 11 is 0. The number of nitrogens with zero attached hydrogens (tertiary/aromatic N) is 1. The molecule has 8 nitrogen and oxygen atoms in total. The first-order chi connectivity index (χ1) is 12.7. The number of fused-ring (bicyclic) bond motifs is 1. The van der Waals surface area contributed by atoms with Gasteiger partial charge < -0.3 is 9.52 Å². The maximum absolute atomic E-state index is 14.7. The Morgan fingerprint density at radius 3 is 2.74 bits per heavy atom. The Labute approximate surface area is 153 Å². The number of aromatic hydroxyl groups is 1. The average molecular weight is 393 g/mol. The highest BCUT2D eigenvalue weighted by atomic mass is 32.2. The minimum absolute atomic E-state index is 0.0422. The van der Waals surface area contributed by atoms with Gasteiger partial charge in [-0.15, -0.1) is 0 Å². The molecular formula is C17H16FN3O5S. The molecule has 3 aromatic rings. The molecule has 0 atom stereocenters. The molecule has 1 aromatic carbocycles. The van der Waals surface area contributed by atoms with E-state index in [1.165, 1.54) is 31.4 Å². The molecule has 0 fully saturated rings. The fraction of sp³-hybridized carbons (Fsp3) is 0.176. The highest BCUT2D eigenvalue weighted by molar-refractivity contribution is 7.90. The summed E-state index contributed by atoms with van der Waals surface area (Å²) in [5.41, 5.74) is 0.431. The van der Waals surface area contributed by atoms with Gasteiger partial charge in [0, 0.05) is 36.7 Å². The van der Waals surface area contributed by atoms with Crippen LogP contribution in [0.25, 0.3) is 11.0 Å². The van der Waals surface area contributed by atoms with Crippen LogP contribution in [0.15, 0.2) is 39.7 Å². The highest BCUT2D eigenvalue weighted by Crippen LogP contribution is 2.25. The number of pyridine rings is 1. The lowest BCUT2D eigenvalue weighted by atomic mass is 10.00. The molecule has 2 heterocycles. The van der Waals surface area contributed by atoms with E-state index in [0.717, 1.165) is 0 Å². The number of hydrogen-bond donors (Lipinski definition) is 3. The monoisotopic (exact) mass is 393 g/mol. The quantitative estimate of drug-likeness (QED) is 0.569. The second-order valence-corrected chi connectivity index (χ2v) is 7.41. The number of halogens is 1. The summed E-state index contributed by atoms with van der Waals surface area (Å²) in [6, 6.07) is 5.73. The molecule has 0 unspecified atom stereocenters. The number of phenols is 1. The van der Waals surface area contributed by atoms with E-state index in [1.54, 1.807) is 13.0 Å². The van der Waals surface area contributed by atoms with Crippen LogP contribution in [0.3, 0.4) is 0 Å². The first-order valence-electron chi connectivity index (χ1n) is 7.82. The Kier molecular flexibility index (Phi) is 4.85. The normalized spacial score (nSPS) is 11.7. The predicted octanol–water partition coefficient (Wildman–Crippen LogP) is 1.81. The van der Waals surface area contributed by atoms with Crippen LogP contribution in [0.4, 0.5) is 10.2 Å². The SMILES string of the molecule is CNS(=O)(=O)Nc1nccc(Cc2c(C)c3ccc(O)cc3oc2=O)c1F. The van der Waals surface area contributed by atoms with Crippen molar-refractivity contribution < 1.29 is 22.3 Å². The Morgan fingerprint density at radius 1 is 1.30 bits per heavy atom. The smallest absolute Gasteiger partial charge is 0.340 e. The number of anilines is 1. The van der Waals surface area contributed by atoms with E-state index in [2.05, 4.69) is 4.98 Å². The van der Waals surface area contributed by atoms with Crippen molar-refractivity contribution in [2.75, 3.05) is 11.8 Å². The van der Waals surface area contributed by atoms with Crippen LogP contribution < -0.4 is 15.1 Å². The molecule has 0 aliphatic rings. The van der Waals surface area contributed by atoms with Gasteiger partial charge >= 0.3 is 5.63 Å². The Morgan fingerprint density at radius 2 is 2.04 bits per heavy atom. The molecule has 27 heavy (non-hydrogen) atoms. The molecule has 3 rings (SSSR count). The van der Waals surface area contributed by atoms with Crippen LogP contribution in [-0.2, 0) is 16.6 Å². The second-order valence-electron chi connectivity index (χ2n) is 5.79. The lowest BCUT2D eigenvalue weighted by Gasteiger charge is -2.11. The zero-order chi connectivity index (χ0) is 19.8. The van der Waals surface area contributed by atoms with E-state index in [1.807, 2.05) is 9.44 Å². The Bertz CT molecular complexity index is 1190. The van der Waals surface area contributed by atoms with Crippen LogP contribution in [0.5, 0.6) is 5.75 Å². The third-order valence-electron chi connectivity index (χ3n) is 4.11. The van der Waals surface area contributed by atoms with Crippen molar-refractivity contribution in [3.8, 4) is 5.75 Å². The molecule has 10 heteroatoms. The summed E-state index contributed by atoms with van der Waals surface area (Å²) < 4.78 is 47.0. The van der Waals surface area contributed by atoms with Gasteiger partial charge in [0.15, 0.2) is 11.6 Å². The predicted molar refractivity (Wildman–Crippen MR) is 97.5 cm³/mol. The van der Waals surface area contributed by atoms with E-state index in [-0.39, 0.29) is 28.9 Å². The van der Waals surface area contributed by atoms with Crippen molar-refractivity contribution in [2.45, 2.75) is 13.3 Å². The maximum Gasteiger partial charge on any atom is 0.340 e. The number of rotatable bonds is 5. The lowest BCUT2D eigenvalue weighted by Crippen LogP contribution is -2.27. The van der Waals surface area contributed by atoms with Gasteiger partial charge in [-0.1, -0.05) is 0 Å². The summed E-state index contributed by atoms with van der Waals surface area (Å²) in [6.45, 7) is 1.69. The van der Waals surface area contributed by atoms with E-state index in [4.69, 9.17) is 4.42 Å². The van der Waals surface area contributed by atoms with Gasteiger partial charge in [-0.3, -0.25) is 4.72 Å². The molecule has 0 radical (unpaired) electrons. The lowest BCUT2D eigenvalue weighted by molar-refractivity contribution is 0.472. The van der Waals surface area contributed by atoms with Crippen LogP contribution in [0, 0.1) is 12.7 Å². The maximum atomic E-state index is 14.7. The van der Waals surface area contributed by atoms with Gasteiger partial charge in [0.1, 0.15) is 11.3 Å². The summed E-state index contributed by atoms with van der Waals surface area (Å²) in [4.78, 5) is 16.0. The first-order valence-corrected chi connectivity index (χ1v) is 9.30. The van der Waals surface area contributed by atoms with Gasteiger partial charge in [0.2, 0.25) is 0 Å². The van der Waals surface area contributed by atoms with E-state index >= 15 is 0 Å². The minimum atomic E-state index is -3.94. The van der Waals surface area contributed by atoms with Crippen molar-refractivity contribution in [1.29, 1.82) is 0 Å². The van der Waals surface area contributed by atoms with Crippen LogP contribution >= 0.6 is 0 Å². The van der Waals surface area contributed by atoms with Gasteiger partial charge in [-0.05, 0) is 36.2 Å². The molecule has 3 N–H and O–H groups in total. The molecule has 0 spiro atoms. The summed E-state index contributed by atoms with van der Waals surface area (Å²) in [6.07, 6.45) is 1.12. The number of benzene rings is 1. The van der Waals surface area contributed by atoms with E-state index in [9.17, 15) is 22.7 Å². The fourth-order valence-electron chi connectivity index (χ4n) is 2.65. The van der Waals surface area contributed by atoms with Crippen molar-refractivity contribution >= 4 is 27.0 Å². The highest BCUT2D eigenvalue weighted by Gasteiger charge is 2.18. The van der Waals surface area contributed by atoms with Gasteiger partial charge in [-0.2, -0.15) is 8.42 Å². The van der Waals surface area contributed by atoms with Crippen molar-refractivity contribution in [3.05, 3.63) is 63.4 Å². The number of hydrogen-bond acceptors (Lipinski definition) is 6. The van der Waals surface area contributed by atoms with Gasteiger partial charge in [0.25, 0.3) is 10.2 Å². The summed E-state index contributed by atoms with van der Waals surface area (Å²) in [5.74, 6) is -1.41. The standard InChI is InChI=1S/C17H16FN3O5S/c1-9-12-4-3-11(22)8-14(12)26-17(23)13(9)7-10-5-6-20-16(15(10)18)21-27(24,25)19-2/h3-6,8,19,22H,7H2,1-2H3,(H,20,21). The molecule has 0 aliphatic carbocycles. The summed E-state index contributed by atoms with van der Waals surface area (Å²) in [7, 11) is -2.77. The number of aryl methyl sites for hydroxylation is 1. The zero-order valence-corrected chi connectivity index (χ0v) is 15.2. The molecule has 142 valence electrons. The van der Waals surface area contributed by atoms with Crippen molar-refractivity contribution in [3.63, 3.8) is 0 Å². The molecule has 0 saturated carbocycles. The van der Waals surface area contributed by atoms with Crippen LogP contribution in [0.2, 0.25) is 0 Å². The third-order valence-corrected chi connectivity index (χ3v) is 5.11. The van der Waals surface area contributed by atoms with Crippen molar-refractivity contribution in [1.82, 2.24) is 9.71 Å². The van der Waals surface area contributed by atoms with E-state index < -0.39 is 27.5 Å². The minimum Gasteiger partial charge on any atom is -0.508 e. The molecule has 0 amide bonds. The average Bonchev–Trinajstić information content (AvgIpc) is 2.61. The topological polar surface area (TPSA) is 122 Å². The fourth-order valence-corrected chi connectivity index (χ4v) is 3.15. The molecule has 2 aromatic heterocycles. The largest absolute Gasteiger partial charge is 0.508 e. The van der Waals surface area contributed by atoms with Crippen molar-refractivity contribution in [2.24, 2.45) is 0 Å². The molecule has 0 aliphatic heterocycles. The molecule has 0 saturated heterocycles.